The Balaban J connectivity index is 1.36. The monoisotopic (exact) mass is 648 g/mol. The van der Waals surface area contributed by atoms with E-state index in [1.54, 1.807) is 0 Å². The molecule has 3 aromatic rings. The molecule has 0 fully saturated rings. The molecule has 0 radical (unpaired) electrons. The number of benzene rings is 2. The topological polar surface area (TPSA) is 41.4 Å². The first-order valence-electron chi connectivity index (χ1n) is 14.2. The summed E-state index contributed by atoms with van der Waals surface area (Å²) in [6.45, 7) is 4.61. The molecule has 5 heteroatoms. The van der Waals surface area contributed by atoms with E-state index in [4.69, 9.17) is 9.97 Å². The highest BCUT2D eigenvalue weighted by Crippen LogP contribution is 2.47. The van der Waals surface area contributed by atoms with E-state index in [-0.39, 0.29) is 12.0 Å². The zero-order chi connectivity index (χ0) is 28.2. The second kappa shape index (κ2) is 12.4. The average Bonchev–Trinajstić information content (AvgIpc) is 3.13. The van der Waals surface area contributed by atoms with Crippen molar-refractivity contribution in [2.24, 2.45) is 4.99 Å². The van der Waals surface area contributed by atoms with E-state index >= 15 is 0 Å². The van der Waals surface area contributed by atoms with Crippen LogP contribution in [0.15, 0.2) is 126 Å². The van der Waals surface area contributed by atoms with E-state index in [9.17, 15) is 0 Å². The van der Waals surface area contributed by atoms with Crippen LogP contribution in [0.5, 0.6) is 0 Å². The van der Waals surface area contributed by atoms with Gasteiger partial charge in [0.25, 0.3) is 0 Å². The van der Waals surface area contributed by atoms with Crippen molar-refractivity contribution in [3.63, 3.8) is 0 Å². The minimum atomic E-state index is 0.165. The average molecular weight is 649 g/mol. The Labute approximate surface area is 256 Å². The Morgan fingerprint density at radius 3 is 2.66 bits per heavy atom. The van der Waals surface area contributed by atoms with Crippen LogP contribution in [0.3, 0.4) is 0 Å². The van der Waals surface area contributed by atoms with E-state index in [1.165, 1.54) is 14.8 Å². The number of anilines is 1. The van der Waals surface area contributed by atoms with Gasteiger partial charge in [0.05, 0.1) is 11.4 Å². The Morgan fingerprint density at radius 1 is 0.951 bits per heavy atom. The number of fused-ring (bicyclic) bond motifs is 1. The third-order valence-corrected chi connectivity index (χ3v) is 8.69. The molecule has 0 saturated heterocycles. The smallest absolute Gasteiger partial charge is 0.132 e. The lowest BCUT2D eigenvalue weighted by Crippen LogP contribution is -2.31. The standard InChI is InChI=1S/C36H33IN4/c1-25(23-32-26(2)41(35-15-8-7-14-31(32)35)30-13-9-10-21-38-22-20-30)36-39-33(27-11-5-3-4-6-12-27)24-34(40-36)28-16-18-29(37)19-17-28/h3-5,7-22,24-26,32H,6,23H2,1-2H3/b10-9-,13-9?,21-10?,22-20?,30-13?,30-20?,38-21?,38-22?. The summed E-state index contributed by atoms with van der Waals surface area (Å²) in [6, 6.07) is 19.8. The molecule has 3 unspecified atom stereocenters. The van der Waals surface area contributed by atoms with Crippen molar-refractivity contribution >= 4 is 40.1 Å². The molecule has 3 aliphatic rings. The molecule has 6 rings (SSSR count). The van der Waals surface area contributed by atoms with Crippen LogP contribution in [0.1, 0.15) is 55.6 Å². The molecule has 0 saturated carbocycles. The lowest BCUT2D eigenvalue weighted by atomic mass is 9.86. The van der Waals surface area contributed by atoms with Crippen LogP contribution < -0.4 is 4.90 Å². The van der Waals surface area contributed by atoms with Crippen molar-refractivity contribution < 1.29 is 0 Å². The maximum absolute atomic E-state index is 5.18. The predicted molar refractivity (Wildman–Crippen MR) is 180 cm³/mol. The van der Waals surface area contributed by atoms with Crippen LogP contribution in [0.4, 0.5) is 5.69 Å². The lowest BCUT2D eigenvalue weighted by molar-refractivity contribution is 0.494. The van der Waals surface area contributed by atoms with Gasteiger partial charge in [-0.1, -0.05) is 73.7 Å². The highest BCUT2D eigenvalue weighted by molar-refractivity contribution is 14.1. The number of aromatic nitrogens is 2. The Kier molecular flexibility index (Phi) is 8.23. The zero-order valence-electron chi connectivity index (χ0n) is 23.4. The van der Waals surface area contributed by atoms with E-state index < -0.39 is 0 Å². The van der Waals surface area contributed by atoms with E-state index in [0.29, 0.717) is 5.92 Å². The summed E-state index contributed by atoms with van der Waals surface area (Å²) in [4.78, 5) is 17.1. The number of hydrogen-bond donors (Lipinski definition) is 0. The first-order chi connectivity index (χ1) is 20.1. The highest BCUT2D eigenvalue weighted by atomic mass is 127. The number of rotatable bonds is 6. The molecule has 0 N–H and O–H groups in total. The van der Waals surface area contributed by atoms with Gasteiger partial charge in [0, 0.05) is 50.8 Å². The molecular weight excluding hydrogens is 615 g/mol. The van der Waals surface area contributed by atoms with E-state index in [2.05, 4.69) is 150 Å². The summed E-state index contributed by atoms with van der Waals surface area (Å²) in [5, 5.41) is 0. The van der Waals surface area contributed by atoms with Crippen molar-refractivity contribution in [1.82, 2.24) is 9.97 Å². The molecule has 3 heterocycles. The van der Waals surface area contributed by atoms with Gasteiger partial charge >= 0.3 is 0 Å². The second-order valence-corrected chi connectivity index (χ2v) is 11.9. The van der Waals surface area contributed by atoms with Gasteiger partial charge in [0.1, 0.15) is 5.82 Å². The van der Waals surface area contributed by atoms with Crippen LogP contribution in [-0.4, -0.2) is 22.2 Å². The number of nitrogens with zero attached hydrogens (tertiary/aromatic N) is 4. The molecule has 41 heavy (non-hydrogen) atoms. The summed E-state index contributed by atoms with van der Waals surface area (Å²) >= 11 is 2.35. The van der Waals surface area contributed by atoms with Gasteiger partial charge in [-0.2, -0.15) is 0 Å². The normalized spacial score (nSPS) is 21.0. The zero-order valence-corrected chi connectivity index (χ0v) is 25.5. The van der Waals surface area contributed by atoms with Gasteiger partial charge < -0.3 is 4.90 Å². The van der Waals surface area contributed by atoms with Crippen molar-refractivity contribution in [3.05, 3.63) is 142 Å². The molecular formula is C36H33IN4. The number of halogens is 1. The summed E-state index contributed by atoms with van der Waals surface area (Å²) in [5.74, 6) is 1.40. The molecule has 204 valence electrons. The first kappa shape index (κ1) is 27.3. The van der Waals surface area contributed by atoms with Gasteiger partial charge in [-0.15, -0.1) is 0 Å². The van der Waals surface area contributed by atoms with Gasteiger partial charge in [-0.05, 0) is 96.0 Å². The van der Waals surface area contributed by atoms with Crippen LogP contribution in [0.25, 0.3) is 16.8 Å². The van der Waals surface area contributed by atoms with E-state index in [0.717, 1.165) is 46.9 Å². The molecule has 1 aromatic heterocycles. The maximum atomic E-state index is 5.18. The number of para-hydroxylation sites is 1. The molecule has 3 atom stereocenters. The third kappa shape index (κ3) is 5.96. The largest absolute Gasteiger partial charge is 0.338 e. The molecule has 0 bridgehead atoms. The number of aliphatic imine (C=N–C) groups is 1. The number of hydrogen-bond acceptors (Lipinski definition) is 4. The number of allylic oxidation sites excluding steroid dienone is 10. The van der Waals surface area contributed by atoms with Crippen molar-refractivity contribution in [1.29, 1.82) is 0 Å². The molecule has 4 nitrogen and oxygen atoms in total. The maximum Gasteiger partial charge on any atom is 0.132 e. The fourth-order valence-electron chi connectivity index (χ4n) is 5.87. The van der Waals surface area contributed by atoms with Crippen LogP contribution in [-0.2, 0) is 0 Å². The molecule has 0 spiro atoms. The summed E-state index contributed by atoms with van der Waals surface area (Å²) in [7, 11) is 0. The Morgan fingerprint density at radius 2 is 1.78 bits per heavy atom. The summed E-state index contributed by atoms with van der Waals surface area (Å²) in [6.07, 6.45) is 24.6. The highest BCUT2D eigenvalue weighted by Gasteiger charge is 2.37. The van der Waals surface area contributed by atoms with Gasteiger partial charge in [0.2, 0.25) is 0 Å². The van der Waals surface area contributed by atoms with Gasteiger partial charge in [-0.3, -0.25) is 4.99 Å². The molecule has 2 aromatic carbocycles. The van der Waals surface area contributed by atoms with Crippen molar-refractivity contribution in [3.8, 4) is 11.3 Å². The summed E-state index contributed by atoms with van der Waals surface area (Å²) < 4.78 is 1.21. The first-order valence-corrected chi connectivity index (χ1v) is 15.3. The van der Waals surface area contributed by atoms with E-state index in [1.807, 2.05) is 18.5 Å². The van der Waals surface area contributed by atoms with Crippen molar-refractivity contribution in [2.75, 3.05) is 4.90 Å². The fraction of sp³-hybridized carbons (Fsp3) is 0.194. The predicted octanol–water partition coefficient (Wildman–Crippen LogP) is 9.17. The Hall–Kier alpha value is -3.84. The minimum Gasteiger partial charge on any atom is -0.338 e. The quantitative estimate of drug-likeness (QED) is 0.251. The van der Waals surface area contributed by atoms with Gasteiger partial charge in [-0.25, -0.2) is 9.97 Å². The summed E-state index contributed by atoms with van der Waals surface area (Å²) in [5.41, 5.74) is 8.00. The Bertz CT molecular complexity index is 1640. The lowest BCUT2D eigenvalue weighted by Gasteiger charge is -2.29. The van der Waals surface area contributed by atoms with Gasteiger partial charge in [0.15, 0.2) is 0 Å². The third-order valence-electron chi connectivity index (χ3n) is 7.97. The molecule has 0 amide bonds. The SMILES string of the molecule is CC(CC1c2ccccc2N(C2=C/C=C\C=NC=C2)C1C)c1nc(C2=CCC=CC=C2)cc(-c2ccc(I)cc2)n1. The van der Waals surface area contributed by atoms with Crippen LogP contribution >= 0.6 is 22.6 Å². The van der Waals surface area contributed by atoms with Crippen LogP contribution in [0.2, 0.25) is 0 Å². The fourth-order valence-corrected chi connectivity index (χ4v) is 6.23. The minimum absolute atomic E-state index is 0.165. The van der Waals surface area contributed by atoms with Crippen molar-refractivity contribution in [2.45, 2.75) is 44.6 Å². The molecule has 2 aliphatic heterocycles. The van der Waals surface area contributed by atoms with Crippen LogP contribution in [0, 0.1) is 3.57 Å². The molecule has 1 aliphatic carbocycles. The second-order valence-electron chi connectivity index (χ2n) is 10.7.